The third kappa shape index (κ3) is 3.67. The Balaban J connectivity index is 1.81. The van der Waals surface area contributed by atoms with Gasteiger partial charge in [-0.15, -0.1) is 0 Å². The standard InChI is InChI=1S/C31H27N/c1-23-13-12-20-28-29(31(32(2)30(23)28)26-18-10-5-11-19-26)27(25-16-8-4-9-17-25)22-21-24-14-6-3-7-15-24/h3-22,27H,1-2H3/b22-21+/t27-/m0/s1. The van der Waals surface area contributed by atoms with Gasteiger partial charge in [0.25, 0.3) is 0 Å². The Kier molecular flexibility index (Phi) is 5.47. The van der Waals surface area contributed by atoms with Crippen molar-refractivity contribution in [3.8, 4) is 11.3 Å². The van der Waals surface area contributed by atoms with Crippen molar-refractivity contribution in [1.82, 2.24) is 4.57 Å². The van der Waals surface area contributed by atoms with E-state index in [-0.39, 0.29) is 5.92 Å². The molecule has 1 aromatic heterocycles. The minimum atomic E-state index is 0.136. The number of hydrogen-bond acceptors (Lipinski definition) is 0. The van der Waals surface area contributed by atoms with Gasteiger partial charge in [-0.3, -0.25) is 0 Å². The van der Waals surface area contributed by atoms with E-state index in [2.05, 4.69) is 140 Å². The summed E-state index contributed by atoms with van der Waals surface area (Å²) >= 11 is 0. The van der Waals surface area contributed by atoms with E-state index in [0.717, 1.165) is 0 Å². The molecule has 1 heterocycles. The van der Waals surface area contributed by atoms with Crippen LogP contribution in [0.2, 0.25) is 0 Å². The molecule has 0 amide bonds. The molecular formula is C31H27N. The van der Waals surface area contributed by atoms with Crippen LogP contribution in [-0.4, -0.2) is 4.57 Å². The van der Waals surface area contributed by atoms with Gasteiger partial charge in [-0.25, -0.2) is 0 Å². The summed E-state index contributed by atoms with van der Waals surface area (Å²) in [4.78, 5) is 0. The number of para-hydroxylation sites is 1. The van der Waals surface area contributed by atoms with Crippen LogP contribution >= 0.6 is 0 Å². The van der Waals surface area contributed by atoms with Gasteiger partial charge < -0.3 is 4.57 Å². The van der Waals surface area contributed by atoms with E-state index >= 15 is 0 Å². The van der Waals surface area contributed by atoms with E-state index in [1.807, 2.05) is 0 Å². The van der Waals surface area contributed by atoms with E-state index in [4.69, 9.17) is 0 Å². The smallest absolute Gasteiger partial charge is 0.0530 e. The number of fused-ring (bicyclic) bond motifs is 1. The van der Waals surface area contributed by atoms with Crippen LogP contribution < -0.4 is 0 Å². The average Bonchev–Trinajstić information content (AvgIpc) is 3.14. The van der Waals surface area contributed by atoms with Gasteiger partial charge >= 0.3 is 0 Å². The van der Waals surface area contributed by atoms with E-state index in [1.165, 1.54) is 44.4 Å². The molecule has 32 heavy (non-hydrogen) atoms. The summed E-state index contributed by atoms with van der Waals surface area (Å²) in [7, 11) is 2.20. The highest BCUT2D eigenvalue weighted by Crippen LogP contribution is 2.42. The summed E-state index contributed by atoms with van der Waals surface area (Å²) in [6.45, 7) is 2.21. The van der Waals surface area contributed by atoms with Crippen LogP contribution in [0, 0.1) is 6.92 Å². The number of nitrogens with zero attached hydrogens (tertiary/aromatic N) is 1. The minimum absolute atomic E-state index is 0.136. The molecule has 1 heteroatoms. The quantitative estimate of drug-likeness (QED) is 0.275. The molecule has 0 saturated heterocycles. The van der Waals surface area contributed by atoms with Gasteiger partial charge in [0.15, 0.2) is 0 Å². The maximum absolute atomic E-state index is 2.38. The zero-order chi connectivity index (χ0) is 21.9. The normalized spacial score (nSPS) is 12.4. The Bertz CT molecular complexity index is 1360. The summed E-state index contributed by atoms with van der Waals surface area (Å²) in [6, 6.07) is 38.8. The molecule has 0 aliphatic carbocycles. The van der Waals surface area contributed by atoms with Crippen LogP contribution in [0.3, 0.4) is 0 Å². The van der Waals surface area contributed by atoms with Crippen molar-refractivity contribution in [3.05, 3.63) is 138 Å². The van der Waals surface area contributed by atoms with Crippen LogP contribution in [0.4, 0.5) is 0 Å². The maximum Gasteiger partial charge on any atom is 0.0530 e. The molecule has 0 aliphatic rings. The highest BCUT2D eigenvalue weighted by atomic mass is 15.0. The fourth-order valence-electron chi connectivity index (χ4n) is 4.81. The van der Waals surface area contributed by atoms with Crippen LogP contribution in [0.5, 0.6) is 0 Å². The van der Waals surface area contributed by atoms with E-state index < -0.39 is 0 Å². The molecule has 4 aromatic carbocycles. The molecule has 0 fully saturated rings. The van der Waals surface area contributed by atoms with Crippen molar-refractivity contribution in [1.29, 1.82) is 0 Å². The second-order valence-corrected chi connectivity index (χ2v) is 8.32. The molecule has 0 aliphatic heterocycles. The minimum Gasteiger partial charge on any atom is -0.343 e. The molecule has 0 spiro atoms. The molecule has 0 bridgehead atoms. The van der Waals surface area contributed by atoms with E-state index in [9.17, 15) is 0 Å². The van der Waals surface area contributed by atoms with Gasteiger partial charge in [0.1, 0.15) is 0 Å². The number of aromatic nitrogens is 1. The molecule has 0 saturated carbocycles. The van der Waals surface area contributed by atoms with E-state index in [0.29, 0.717) is 0 Å². The Morgan fingerprint density at radius 3 is 2.00 bits per heavy atom. The Morgan fingerprint density at radius 1 is 0.688 bits per heavy atom. The summed E-state index contributed by atoms with van der Waals surface area (Å²) in [5, 5.41) is 1.32. The number of allylic oxidation sites excluding steroid dienone is 1. The first-order chi connectivity index (χ1) is 15.7. The lowest BCUT2D eigenvalue weighted by Gasteiger charge is -2.17. The zero-order valence-corrected chi connectivity index (χ0v) is 18.6. The summed E-state index contributed by atoms with van der Waals surface area (Å²) < 4.78 is 2.38. The molecule has 0 N–H and O–H groups in total. The van der Waals surface area contributed by atoms with Gasteiger partial charge in [-0.2, -0.15) is 0 Å². The number of aryl methyl sites for hydroxylation is 2. The highest BCUT2D eigenvalue weighted by molar-refractivity contribution is 5.95. The van der Waals surface area contributed by atoms with Gasteiger partial charge in [0.2, 0.25) is 0 Å². The van der Waals surface area contributed by atoms with Crippen LogP contribution in [-0.2, 0) is 7.05 Å². The maximum atomic E-state index is 2.38. The Hall–Kier alpha value is -3.84. The van der Waals surface area contributed by atoms with Crippen molar-refractivity contribution in [2.24, 2.45) is 7.05 Å². The fraction of sp³-hybridized carbons (Fsp3) is 0.0968. The van der Waals surface area contributed by atoms with Crippen molar-refractivity contribution < 1.29 is 0 Å². The largest absolute Gasteiger partial charge is 0.343 e. The Labute approximate surface area is 190 Å². The third-order valence-electron chi connectivity index (χ3n) is 6.25. The molecule has 5 aromatic rings. The van der Waals surface area contributed by atoms with Crippen molar-refractivity contribution >= 4 is 17.0 Å². The van der Waals surface area contributed by atoms with E-state index in [1.54, 1.807) is 0 Å². The lowest BCUT2D eigenvalue weighted by molar-refractivity contribution is 0.949. The van der Waals surface area contributed by atoms with Crippen LogP contribution in [0.1, 0.15) is 28.2 Å². The predicted molar refractivity (Wildman–Crippen MR) is 137 cm³/mol. The molecule has 0 unspecified atom stereocenters. The summed E-state index contributed by atoms with van der Waals surface area (Å²) in [6.07, 6.45) is 4.61. The predicted octanol–water partition coefficient (Wildman–Crippen LogP) is 8.00. The monoisotopic (exact) mass is 413 g/mol. The fourth-order valence-corrected chi connectivity index (χ4v) is 4.81. The number of rotatable bonds is 5. The van der Waals surface area contributed by atoms with Crippen LogP contribution in [0.25, 0.3) is 28.2 Å². The SMILES string of the molecule is Cc1cccc2c([C@@H](/C=C/c3ccccc3)c3ccccc3)c(-c3ccccc3)n(C)c12. The molecule has 156 valence electrons. The molecular weight excluding hydrogens is 386 g/mol. The van der Waals surface area contributed by atoms with Gasteiger partial charge in [-0.1, -0.05) is 121 Å². The molecule has 1 nitrogen and oxygen atoms in total. The average molecular weight is 414 g/mol. The van der Waals surface area contributed by atoms with Crippen molar-refractivity contribution in [2.75, 3.05) is 0 Å². The summed E-state index contributed by atoms with van der Waals surface area (Å²) in [5.41, 5.74) is 8.99. The van der Waals surface area contributed by atoms with Gasteiger partial charge in [0, 0.05) is 18.4 Å². The summed E-state index contributed by atoms with van der Waals surface area (Å²) in [5.74, 6) is 0.136. The first-order valence-electron chi connectivity index (χ1n) is 11.2. The van der Waals surface area contributed by atoms with Crippen molar-refractivity contribution in [2.45, 2.75) is 12.8 Å². The first kappa shape index (κ1) is 20.1. The number of hydrogen-bond donors (Lipinski definition) is 0. The molecule has 5 rings (SSSR count). The second-order valence-electron chi connectivity index (χ2n) is 8.32. The topological polar surface area (TPSA) is 4.93 Å². The van der Waals surface area contributed by atoms with Gasteiger partial charge in [0.05, 0.1) is 11.2 Å². The lowest BCUT2D eigenvalue weighted by atomic mass is 9.86. The second kappa shape index (κ2) is 8.72. The highest BCUT2D eigenvalue weighted by Gasteiger charge is 2.24. The number of benzene rings is 4. The van der Waals surface area contributed by atoms with Crippen LogP contribution in [0.15, 0.2) is 115 Å². The molecule has 1 atom stereocenters. The molecule has 0 radical (unpaired) electrons. The van der Waals surface area contributed by atoms with Gasteiger partial charge in [-0.05, 0) is 34.7 Å². The first-order valence-corrected chi connectivity index (χ1v) is 11.2. The lowest BCUT2D eigenvalue weighted by Crippen LogP contribution is -2.01. The van der Waals surface area contributed by atoms with Crippen molar-refractivity contribution in [3.63, 3.8) is 0 Å². The zero-order valence-electron chi connectivity index (χ0n) is 18.6. The third-order valence-corrected chi connectivity index (χ3v) is 6.25. The Morgan fingerprint density at radius 2 is 1.31 bits per heavy atom.